The number of rotatable bonds is 7. The number of nitrogens with one attached hydrogen (secondary N) is 2. The molecular formula is C14H30N4. The molecule has 1 atom stereocenters. The van der Waals surface area contributed by atoms with Crippen molar-refractivity contribution in [1.82, 2.24) is 15.5 Å². The Bertz CT molecular complexity index is 257. The highest BCUT2D eigenvalue weighted by Gasteiger charge is 2.21. The minimum absolute atomic E-state index is 0.560. The average molecular weight is 254 g/mol. The maximum Gasteiger partial charge on any atom is 0.191 e. The van der Waals surface area contributed by atoms with Crippen LogP contribution in [0.25, 0.3) is 0 Å². The third kappa shape index (κ3) is 6.24. The fourth-order valence-electron chi connectivity index (χ4n) is 2.02. The van der Waals surface area contributed by atoms with E-state index in [1.165, 1.54) is 19.3 Å². The zero-order valence-corrected chi connectivity index (χ0v) is 12.7. The molecule has 0 bridgehead atoms. The molecule has 1 fully saturated rings. The summed E-state index contributed by atoms with van der Waals surface area (Å²) in [7, 11) is 6.14. The summed E-state index contributed by atoms with van der Waals surface area (Å²) < 4.78 is 0. The molecule has 2 N–H and O–H groups in total. The van der Waals surface area contributed by atoms with Crippen molar-refractivity contribution >= 4 is 5.96 Å². The van der Waals surface area contributed by atoms with Crippen LogP contribution >= 0.6 is 0 Å². The van der Waals surface area contributed by atoms with Gasteiger partial charge in [-0.05, 0) is 45.2 Å². The van der Waals surface area contributed by atoms with Gasteiger partial charge in [-0.3, -0.25) is 4.99 Å². The van der Waals surface area contributed by atoms with E-state index in [-0.39, 0.29) is 0 Å². The van der Waals surface area contributed by atoms with Gasteiger partial charge in [-0.1, -0.05) is 13.8 Å². The number of aliphatic imine (C=N–C) groups is 1. The molecule has 1 aliphatic rings. The van der Waals surface area contributed by atoms with E-state index in [1.807, 2.05) is 7.05 Å². The van der Waals surface area contributed by atoms with Gasteiger partial charge in [-0.2, -0.15) is 0 Å². The molecule has 0 spiro atoms. The van der Waals surface area contributed by atoms with Crippen LogP contribution in [0.2, 0.25) is 0 Å². The van der Waals surface area contributed by atoms with Crippen LogP contribution < -0.4 is 10.6 Å². The van der Waals surface area contributed by atoms with E-state index in [0.29, 0.717) is 6.04 Å². The lowest BCUT2D eigenvalue weighted by atomic mass is 10.0. The Labute approximate surface area is 112 Å². The van der Waals surface area contributed by atoms with Crippen molar-refractivity contribution in [2.24, 2.45) is 16.8 Å². The SMILES string of the molecule is CN=C(NCC1CC1)NCC(CC(C)C)N(C)C. The summed E-state index contributed by atoms with van der Waals surface area (Å²) in [6.07, 6.45) is 3.95. The number of hydrogen-bond acceptors (Lipinski definition) is 2. The molecule has 4 nitrogen and oxygen atoms in total. The molecule has 0 aliphatic heterocycles. The highest BCUT2D eigenvalue weighted by molar-refractivity contribution is 5.79. The Hall–Kier alpha value is -0.770. The van der Waals surface area contributed by atoms with E-state index in [0.717, 1.165) is 30.9 Å². The third-order valence-corrected chi connectivity index (χ3v) is 3.46. The van der Waals surface area contributed by atoms with Crippen molar-refractivity contribution in [3.05, 3.63) is 0 Å². The second-order valence-electron chi connectivity index (χ2n) is 6.02. The van der Waals surface area contributed by atoms with Crippen LogP contribution in [0.1, 0.15) is 33.1 Å². The fourth-order valence-corrected chi connectivity index (χ4v) is 2.02. The molecule has 0 heterocycles. The first kappa shape index (κ1) is 15.3. The molecule has 1 rings (SSSR count). The Morgan fingerprint density at radius 3 is 2.39 bits per heavy atom. The maximum atomic E-state index is 4.27. The van der Waals surface area contributed by atoms with Gasteiger partial charge in [0.05, 0.1) is 0 Å². The molecule has 0 saturated heterocycles. The van der Waals surface area contributed by atoms with Crippen LogP contribution in [0.5, 0.6) is 0 Å². The van der Waals surface area contributed by atoms with Gasteiger partial charge in [-0.25, -0.2) is 0 Å². The van der Waals surface area contributed by atoms with Crippen molar-refractivity contribution in [3.63, 3.8) is 0 Å². The molecule has 0 aromatic heterocycles. The van der Waals surface area contributed by atoms with E-state index >= 15 is 0 Å². The zero-order chi connectivity index (χ0) is 13.5. The van der Waals surface area contributed by atoms with Gasteiger partial charge < -0.3 is 15.5 Å². The largest absolute Gasteiger partial charge is 0.356 e. The van der Waals surface area contributed by atoms with E-state index in [9.17, 15) is 0 Å². The Balaban J connectivity index is 2.28. The van der Waals surface area contributed by atoms with Gasteiger partial charge in [0, 0.05) is 26.2 Å². The van der Waals surface area contributed by atoms with Crippen molar-refractivity contribution in [2.45, 2.75) is 39.2 Å². The van der Waals surface area contributed by atoms with E-state index in [4.69, 9.17) is 0 Å². The van der Waals surface area contributed by atoms with Gasteiger partial charge in [0.15, 0.2) is 5.96 Å². The Morgan fingerprint density at radius 1 is 1.28 bits per heavy atom. The Kier molecular flexibility index (Phi) is 6.47. The first-order valence-electron chi connectivity index (χ1n) is 7.13. The summed E-state index contributed by atoms with van der Waals surface area (Å²) >= 11 is 0. The molecule has 106 valence electrons. The van der Waals surface area contributed by atoms with Crippen LogP contribution in [0, 0.1) is 11.8 Å². The van der Waals surface area contributed by atoms with Crippen LogP contribution in [0.3, 0.4) is 0 Å². The van der Waals surface area contributed by atoms with E-state index < -0.39 is 0 Å². The molecule has 4 heteroatoms. The maximum absolute atomic E-state index is 4.27. The van der Waals surface area contributed by atoms with Crippen molar-refractivity contribution in [2.75, 3.05) is 34.2 Å². The molecule has 1 unspecified atom stereocenters. The molecule has 18 heavy (non-hydrogen) atoms. The molecule has 0 aromatic rings. The smallest absolute Gasteiger partial charge is 0.191 e. The van der Waals surface area contributed by atoms with Gasteiger partial charge in [0.25, 0.3) is 0 Å². The minimum atomic E-state index is 0.560. The third-order valence-electron chi connectivity index (χ3n) is 3.46. The highest BCUT2D eigenvalue weighted by Crippen LogP contribution is 2.27. The highest BCUT2D eigenvalue weighted by atomic mass is 15.2. The van der Waals surface area contributed by atoms with Crippen LogP contribution in [0.15, 0.2) is 4.99 Å². The first-order valence-corrected chi connectivity index (χ1v) is 7.13. The number of nitrogens with zero attached hydrogens (tertiary/aromatic N) is 2. The lowest BCUT2D eigenvalue weighted by molar-refractivity contribution is 0.254. The van der Waals surface area contributed by atoms with Gasteiger partial charge >= 0.3 is 0 Å². The summed E-state index contributed by atoms with van der Waals surface area (Å²) in [6, 6.07) is 0.560. The Morgan fingerprint density at radius 2 is 1.94 bits per heavy atom. The van der Waals surface area contributed by atoms with Crippen LogP contribution in [0.4, 0.5) is 0 Å². The molecule has 0 aromatic carbocycles. The van der Waals surface area contributed by atoms with Crippen LogP contribution in [-0.4, -0.2) is 51.1 Å². The fraction of sp³-hybridized carbons (Fsp3) is 0.929. The average Bonchev–Trinajstić information content (AvgIpc) is 3.10. The second-order valence-corrected chi connectivity index (χ2v) is 6.02. The molecule has 0 amide bonds. The lowest BCUT2D eigenvalue weighted by Crippen LogP contribution is -2.45. The van der Waals surface area contributed by atoms with E-state index in [2.05, 4.69) is 48.5 Å². The van der Waals surface area contributed by atoms with Gasteiger partial charge in [-0.15, -0.1) is 0 Å². The van der Waals surface area contributed by atoms with Crippen molar-refractivity contribution in [1.29, 1.82) is 0 Å². The number of hydrogen-bond donors (Lipinski definition) is 2. The van der Waals surface area contributed by atoms with Crippen molar-refractivity contribution < 1.29 is 0 Å². The number of likely N-dealkylation sites (N-methyl/N-ethyl adjacent to an activating group) is 1. The molecular weight excluding hydrogens is 224 g/mol. The quantitative estimate of drug-likeness (QED) is 0.535. The summed E-state index contributed by atoms with van der Waals surface area (Å²) in [4.78, 5) is 6.57. The topological polar surface area (TPSA) is 39.7 Å². The summed E-state index contributed by atoms with van der Waals surface area (Å²) in [5, 5.41) is 6.84. The van der Waals surface area contributed by atoms with Gasteiger partial charge in [0.1, 0.15) is 0 Å². The zero-order valence-electron chi connectivity index (χ0n) is 12.7. The second kappa shape index (κ2) is 7.62. The lowest BCUT2D eigenvalue weighted by Gasteiger charge is -2.27. The molecule has 1 aliphatic carbocycles. The molecule has 1 saturated carbocycles. The normalized spacial score (nSPS) is 18.3. The summed E-state index contributed by atoms with van der Waals surface area (Å²) in [6.45, 7) is 6.57. The first-order chi connectivity index (χ1) is 8.52. The monoisotopic (exact) mass is 254 g/mol. The summed E-state index contributed by atoms with van der Waals surface area (Å²) in [5.74, 6) is 2.54. The minimum Gasteiger partial charge on any atom is -0.356 e. The predicted octanol–water partition coefficient (Wildman–Crippen LogP) is 1.54. The summed E-state index contributed by atoms with van der Waals surface area (Å²) in [5.41, 5.74) is 0. The van der Waals surface area contributed by atoms with Crippen LogP contribution in [-0.2, 0) is 0 Å². The standard InChI is InChI=1S/C14H30N4/c1-11(2)8-13(18(4)5)10-17-14(15-3)16-9-12-6-7-12/h11-13H,6-10H2,1-5H3,(H2,15,16,17). The predicted molar refractivity (Wildman–Crippen MR) is 79.0 cm³/mol. The molecule has 0 radical (unpaired) electrons. The van der Waals surface area contributed by atoms with Gasteiger partial charge in [0.2, 0.25) is 0 Å². The number of guanidine groups is 1. The van der Waals surface area contributed by atoms with Crippen molar-refractivity contribution in [3.8, 4) is 0 Å². The van der Waals surface area contributed by atoms with E-state index in [1.54, 1.807) is 0 Å².